The van der Waals surface area contributed by atoms with Crippen molar-refractivity contribution in [2.75, 3.05) is 0 Å². The maximum atomic E-state index is 10.9. The molecule has 76 valence electrons. The monoisotopic (exact) mass is 195 g/mol. The van der Waals surface area contributed by atoms with Gasteiger partial charge in [0.25, 0.3) is 5.91 Å². The van der Waals surface area contributed by atoms with Gasteiger partial charge >= 0.3 is 5.97 Å². The Kier molecular flexibility index (Phi) is 3.52. The molecule has 0 bridgehead atoms. The quantitative estimate of drug-likeness (QED) is 0.640. The molecule has 1 saturated carbocycles. The molecule has 0 spiro atoms. The second-order valence-electron chi connectivity index (χ2n) is 3.51. The van der Waals surface area contributed by atoms with Gasteiger partial charge in [0.05, 0.1) is 6.42 Å². The fourth-order valence-corrected chi connectivity index (χ4v) is 1.91. The summed E-state index contributed by atoms with van der Waals surface area (Å²) in [5.41, 5.74) is 0. The van der Waals surface area contributed by atoms with Gasteiger partial charge in [0.2, 0.25) is 0 Å². The number of amides is 1. The van der Waals surface area contributed by atoms with Crippen molar-refractivity contribution in [2.45, 2.75) is 31.7 Å². The standard InChI is InChI=1S/C10H13NO3/c1-2-9(12)11-8-5-3-4-7(8)6-10(13)14/h1,7-8H,3-6H2,(H,11,12)(H,13,14)/t7-,8+/m0/s1. The van der Waals surface area contributed by atoms with Gasteiger partial charge in [-0.25, -0.2) is 0 Å². The lowest BCUT2D eigenvalue weighted by Crippen LogP contribution is -2.37. The fraction of sp³-hybridized carbons (Fsp3) is 0.600. The number of carbonyl (C=O) groups is 2. The Balaban J connectivity index is 2.47. The van der Waals surface area contributed by atoms with E-state index in [4.69, 9.17) is 11.5 Å². The maximum absolute atomic E-state index is 10.9. The Morgan fingerprint density at radius 2 is 2.21 bits per heavy atom. The third kappa shape index (κ3) is 2.77. The van der Waals surface area contributed by atoms with Gasteiger partial charge in [-0.3, -0.25) is 9.59 Å². The predicted molar refractivity (Wildman–Crippen MR) is 50.4 cm³/mol. The molecular weight excluding hydrogens is 182 g/mol. The molecule has 2 atom stereocenters. The van der Waals surface area contributed by atoms with Crippen molar-refractivity contribution in [3.05, 3.63) is 0 Å². The highest BCUT2D eigenvalue weighted by Gasteiger charge is 2.29. The van der Waals surface area contributed by atoms with E-state index in [0.29, 0.717) is 0 Å². The van der Waals surface area contributed by atoms with E-state index >= 15 is 0 Å². The van der Waals surface area contributed by atoms with Crippen LogP contribution in [0.2, 0.25) is 0 Å². The number of rotatable bonds is 3. The number of carboxylic acid groups (broad SMARTS) is 1. The summed E-state index contributed by atoms with van der Waals surface area (Å²) < 4.78 is 0. The van der Waals surface area contributed by atoms with Gasteiger partial charge in [-0.1, -0.05) is 6.42 Å². The van der Waals surface area contributed by atoms with E-state index in [1.54, 1.807) is 0 Å². The van der Waals surface area contributed by atoms with Crippen molar-refractivity contribution < 1.29 is 14.7 Å². The average Bonchev–Trinajstić information content (AvgIpc) is 2.52. The van der Waals surface area contributed by atoms with E-state index in [1.807, 2.05) is 5.92 Å². The molecule has 0 saturated heterocycles. The molecule has 1 aliphatic rings. The molecule has 4 nitrogen and oxygen atoms in total. The minimum absolute atomic E-state index is 0.0322. The van der Waals surface area contributed by atoms with Gasteiger partial charge in [-0.2, -0.15) is 0 Å². The first-order valence-corrected chi connectivity index (χ1v) is 4.62. The molecule has 0 unspecified atom stereocenters. The predicted octanol–water partition coefficient (Wildman–Crippen LogP) is 0.379. The second kappa shape index (κ2) is 4.66. The van der Waals surface area contributed by atoms with Crippen LogP contribution in [-0.2, 0) is 9.59 Å². The number of hydrogen-bond acceptors (Lipinski definition) is 2. The van der Waals surface area contributed by atoms with Crippen LogP contribution in [0.25, 0.3) is 0 Å². The summed E-state index contributed by atoms with van der Waals surface area (Å²) in [4.78, 5) is 21.4. The number of terminal acetylenes is 1. The van der Waals surface area contributed by atoms with E-state index in [-0.39, 0.29) is 18.4 Å². The van der Waals surface area contributed by atoms with Gasteiger partial charge in [-0.05, 0) is 24.7 Å². The number of hydrogen-bond donors (Lipinski definition) is 2. The summed E-state index contributed by atoms with van der Waals surface area (Å²) in [7, 11) is 0. The summed E-state index contributed by atoms with van der Waals surface area (Å²) in [6, 6.07) is -0.0605. The number of carboxylic acids is 1. The minimum Gasteiger partial charge on any atom is -0.481 e. The third-order valence-corrected chi connectivity index (χ3v) is 2.54. The zero-order valence-electron chi connectivity index (χ0n) is 7.82. The molecular formula is C10H13NO3. The van der Waals surface area contributed by atoms with E-state index in [1.165, 1.54) is 0 Å². The Hall–Kier alpha value is -1.50. The van der Waals surface area contributed by atoms with E-state index in [9.17, 15) is 9.59 Å². The van der Waals surface area contributed by atoms with Gasteiger partial charge in [0.15, 0.2) is 0 Å². The highest BCUT2D eigenvalue weighted by atomic mass is 16.4. The summed E-state index contributed by atoms with van der Waals surface area (Å²) in [6.07, 6.45) is 7.65. The van der Waals surface area contributed by atoms with Gasteiger partial charge in [0, 0.05) is 6.04 Å². The molecule has 1 fully saturated rings. The molecule has 0 aliphatic heterocycles. The Morgan fingerprint density at radius 1 is 1.50 bits per heavy atom. The SMILES string of the molecule is C#CC(=O)N[C@@H]1CCC[C@H]1CC(=O)O. The fourth-order valence-electron chi connectivity index (χ4n) is 1.91. The Labute approximate surface area is 82.7 Å². The average molecular weight is 195 g/mol. The van der Waals surface area contributed by atoms with Crippen LogP contribution in [0, 0.1) is 18.3 Å². The molecule has 0 radical (unpaired) electrons. The Morgan fingerprint density at radius 3 is 2.79 bits per heavy atom. The van der Waals surface area contributed by atoms with Crippen molar-refractivity contribution in [1.29, 1.82) is 0 Å². The third-order valence-electron chi connectivity index (χ3n) is 2.54. The van der Waals surface area contributed by atoms with Gasteiger partial charge in [0.1, 0.15) is 0 Å². The topological polar surface area (TPSA) is 66.4 Å². The van der Waals surface area contributed by atoms with E-state index in [2.05, 4.69) is 5.32 Å². The molecule has 2 N–H and O–H groups in total. The lowest BCUT2D eigenvalue weighted by Gasteiger charge is -2.17. The summed E-state index contributed by atoms with van der Waals surface area (Å²) >= 11 is 0. The van der Waals surface area contributed by atoms with Crippen LogP contribution in [-0.4, -0.2) is 23.0 Å². The van der Waals surface area contributed by atoms with Crippen molar-refractivity contribution in [3.63, 3.8) is 0 Å². The van der Waals surface area contributed by atoms with Crippen molar-refractivity contribution in [3.8, 4) is 12.3 Å². The molecule has 0 aromatic heterocycles. The molecule has 14 heavy (non-hydrogen) atoms. The smallest absolute Gasteiger partial charge is 0.303 e. The molecule has 0 aromatic carbocycles. The zero-order valence-corrected chi connectivity index (χ0v) is 7.82. The van der Waals surface area contributed by atoms with Crippen LogP contribution >= 0.6 is 0 Å². The van der Waals surface area contributed by atoms with Crippen molar-refractivity contribution in [1.82, 2.24) is 5.32 Å². The molecule has 1 amide bonds. The first-order valence-electron chi connectivity index (χ1n) is 4.62. The highest BCUT2D eigenvalue weighted by molar-refractivity contribution is 5.93. The first-order chi connectivity index (χ1) is 6.63. The summed E-state index contributed by atoms with van der Waals surface area (Å²) in [5.74, 6) is 0.727. The van der Waals surface area contributed by atoms with Crippen LogP contribution in [0.4, 0.5) is 0 Å². The van der Waals surface area contributed by atoms with Crippen molar-refractivity contribution >= 4 is 11.9 Å². The van der Waals surface area contributed by atoms with E-state index in [0.717, 1.165) is 19.3 Å². The van der Waals surface area contributed by atoms with Crippen LogP contribution in [0.15, 0.2) is 0 Å². The molecule has 0 aromatic rings. The Bertz CT molecular complexity index is 280. The highest BCUT2D eigenvalue weighted by Crippen LogP contribution is 2.28. The molecule has 4 heteroatoms. The van der Waals surface area contributed by atoms with Crippen molar-refractivity contribution in [2.24, 2.45) is 5.92 Å². The first kappa shape index (κ1) is 10.6. The summed E-state index contributed by atoms with van der Waals surface area (Å²) in [6.45, 7) is 0. The lowest BCUT2D eigenvalue weighted by atomic mass is 10.00. The summed E-state index contributed by atoms with van der Waals surface area (Å²) in [5, 5.41) is 11.3. The maximum Gasteiger partial charge on any atom is 0.303 e. The second-order valence-corrected chi connectivity index (χ2v) is 3.51. The molecule has 1 rings (SSSR count). The van der Waals surface area contributed by atoms with Crippen LogP contribution < -0.4 is 5.32 Å². The van der Waals surface area contributed by atoms with Crippen LogP contribution in [0.3, 0.4) is 0 Å². The normalized spacial score (nSPS) is 25.4. The molecule has 1 aliphatic carbocycles. The molecule has 0 heterocycles. The zero-order chi connectivity index (χ0) is 10.6. The minimum atomic E-state index is -0.822. The van der Waals surface area contributed by atoms with Crippen LogP contribution in [0.5, 0.6) is 0 Å². The van der Waals surface area contributed by atoms with Gasteiger partial charge in [-0.15, -0.1) is 6.42 Å². The number of aliphatic carboxylic acids is 1. The number of carbonyl (C=O) groups excluding carboxylic acids is 1. The largest absolute Gasteiger partial charge is 0.481 e. The number of nitrogens with one attached hydrogen (secondary N) is 1. The van der Waals surface area contributed by atoms with Crippen LogP contribution in [0.1, 0.15) is 25.7 Å². The van der Waals surface area contributed by atoms with Gasteiger partial charge < -0.3 is 10.4 Å². The van der Waals surface area contributed by atoms with E-state index < -0.39 is 11.9 Å². The lowest BCUT2D eigenvalue weighted by molar-refractivity contribution is -0.138.